The van der Waals surface area contributed by atoms with E-state index in [1.165, 1.54) is 28.5 Å². The molecule has 0 bridgehead atoms. The van der Waals surface area contributed by atoms with Gasteiger partial charge in [0, 0.05) is 16.9 Å². The van der Waals surface area contributed by atoms with Crippen LogP contribution in [0.4, 0.5) is 5.13 Å². The number of nitrogens with one attached hydrogen (secondary N) is 1. The number of hydrogen-bond acceptors (Lipinski definition) is 5. The van der Waals surface area contributed by atoms with E-state index >= 15 is 0 Å². The van der Waals surface area contributed by atoms with Crippen molar-refractivity contribution < 1.29 is 4.79 Å². The number of rotatable bonds is 6. The molecule has 1 heterocycles. The third kappa shape index (κ3) is 5.69. The lowest BCUT2D eigenvalue weighted by atomic mass is 10.2. The summed E-state index contributed by atoms with van der Waals surface area (Å²) < 4.78 is 0.819. The molecular weight excluding hydrogens is 386 g/mol. The van der Waals surface area contributed by atoms with Crippen molar-refractivity contribution in [2.24, 2.45) is 0 Å². The minimum absolute atomic E-state index is 0.254. The van der Waals surface area contributed by atoms with Crippen LogP contribution in [0.25, 0.3) is 6.08 Å². The summed E-state index contributed by atoms with van der Waals surface area (Å²) in [7, 11) is 0. The van der Waals surface area contributed by atoms with Crippen LogP contribution in [-0.2, 0) is 10.5 Å². The minimum Gasteiger partial charge on any atom is -0.297 e. The van der Waals surface area contributed by atoms with Crippen LogP contribution in [0.1, 0.15) is 16.7 Å². The highest BCUT2D eigenvalue weighted by atomic mass is 35.5. The number of carbonyl (C=O) groups is 1. The van der Waals surface area contributed by atoms with Crippen molar-refractivity contribution in [3.63, 3.8) is 0 Å². The van der Waals surface area contributed by atoms with Crippen LogP contribution in [0.15, 0.2) is 58.9 Å². The van der Waals surface area contributed by atoms with Crippen LogP contribution < -0.4 is 5.32 Å². The maximum absolute atomic E-state index is 12.0. The number of nitrogens with zero attached hydrogens (tertiary/aromatic N) is 2. The average molecular weight is 402 g/mol. The van der Waals surface area contributed by atoms with Gasteiger partial charge in [-0.1, -0.05) is 76.7 Å². The Hall–Kier alpha value is -2.15. The molecule has 1 N–H and O–H groups in total. The molecule has 0 radical (unpaired) electrons. The average Bonchev–Trinajstić information content (AvgIpc) is 3.07. The molecule has 0 saturated heterocycles. The van der Waals surface area contributed by atoms with Gasteiger partial charge in [0.2, 0.25) is 11.0 Å². The van der Waals surface area contributed by atoms with E-state index in [1.54, 1.807) is 30.0 Å². The number of aromatic nitrogens is 2. The maximum atomic E-state index is 12.0. The maximum Gasteiger partial charge on any atom is 0.250 e. The lowest BCUT2D eigenvalue weighted by Crippen LogP contribution is -2.07. The molecule has 0 fully saturated rings. The summed E-state index contributed by atoms with van der Waals surface area (Å²) in [4.78, 5) is 12.0. The number of benzene rings is 2. The van der Waals surface area contributed by atoms with Crippen molar-refractivity contribution >= 4 is 51.8 Å². The number of anilines is 1. The van der Waals surface area contributed by atoms with Crippen LogP contribution in [0.2, 0.25) is 5.02 Å². The number of aryl methyl sites for hydroxylation is 1. The van der Waals surface area contributed by atoms with E-state index in [9.17, 15) is 4.79 Å². The Kier molecular flexibility index (Phi) is 6.44. The van der Waals surface area contributed by atoms with Gasteiger partial charge in [0.25, 0.3) is 0 Å². The first kappa shape index (κ1) is 18.6. The SMILES string of the molecule is Cc1ccc(CSc2nnc(NC(=O)/C=C/c3cccc(Cl)c3)s2)cc1. The Labute approximate surface area is 165 Å². The highest BCUT2D eigenvalue weighted by Gasteiger charge is 2.07. The van der Waals surface area contributed by atoms with E-state index in [-0.39, 0.29) is 5.91 Å². The predicted octanol–water partition coefficient (Wildman–Crippen LogP) is 5.44. The second kappa shape index (κ2) is 8.98. The molecule has 0 aliphatic heterocycles. The second-order valence-electron chi connectivity index (χ2n) is 5.52. The zero-order valence-corrected chi connectivity index (χ0v) is 16.4. The molecule has 0 atom stereocenters. The highest BCUT2D eigenvalue weighted by molar-refractivity contribution is 8.00. The number of amides is 1. The molecule has 26 heavy (non-hydrogen) atoms. The molecule has 3 rings (SSSR count). The Morgan fingerprint density at radius 2 is 2.04 bits per heavy atom. The van der Waals surface area contributed by atoms with Crippen molar-refractivity contribution in [1.29, 1.82) is 0 Å². The molecule has 0 aliphatic carbocycles. The van der Waals surface area contributed by atoms with E-state index in [1.807, 2.05) is 12.1 Å². The number of thioether (sulfide) groups is 1. The largest absolute Gasteiger partial charge is 0.297 e. The minimum atomic E-state index is -0.254. The number of hydrogen-bond donors (Lipinski definition) is 1. The van der Waals surface area contributed by atoms with E-state index in [0.717, 1.165) is 15.7 Å². The van der Waals surface area contributed by atoms with Gasteiger partial charge in [0.15, 0.2) is 4.34 Å². The highest BCUT2D eigenvalue weighted by Crippen LogP contribution is 2.28. The quantitative estimate of drug-likeness (QED) is 0.339. The summed E-state index contributed by atoms with van der Waals surface area (Å²) in [6, 6.07) is 15.7. The van der Waals surface area contributed by atoms with Gasteiger partial charge >= 0.3 is 0 Å². The van der Waals surface area contributed by atoms with Crippen molar-refractivity contribution in [2.75, 3.05) is 5.32 Å². The topological polar surface area (TPSA) is 54.9 Å². The van der Waals surface area contributed by atoms with Crippen molar-refractivity contribution in [1.82, 2.24) is 10.2 Å². The molecule has 4 nitrogen and oxygen atoms in total. The zero-order chi connectivity index (χ0) is 18.4. The number of halogens is 1. The van der Waals surface area contributed by atoms with Gasteiger partial charge in [-0.2, -0.15) is 0 Å². The molecule has 0 aliphatic rings. The first-order valence-electron chi connectivity index (χ1n) is 7.85. The molecule has 1 aromatic heterocycles. The summed E-state index contributed by atoms with van der Waals surface area (Å²) in [6.07, 6.45) is 3.15. The fourth-order valence-electron chi connectivity index (χ4n) is 2.08. The van der Waals surface area contributed by atoms with Gasteiger partial charge in [0.1, 0.15) is 0 Å². The molecule has 2 aromatic carbocycles. The molecule has 7 heteroatoms. The fraction of sp³-hybridized carbons (Fsp3) is 0.105. The van der Waals surface area contributed by atoms with Crippen molar-refractivity contribution in [2.45, 2.75) is 17.0 Å². The normalized spacial score (nSPS) is 11.0. The molecule has 0 unspecified atom stereocenters. The third-order valence-corrected chi connectivity index (χ3v) is 5.67. The Bertz CT molecular complexity index is 923. The number of carbonyl (C=O) groups excluding carboxylic acids is 1. The van der Waals surface area contributed by atoms with Crippen molar-refractivity contribution in [3.05, 3.63) is 76.3 Å². The van der Waals surface area contributed by atoms with Gasteiger partial charge in [-0.3, -0.25) is 10.1 Å². The van der Waals surface area contributed by atoms with Gasteiger partial charge in [-0.25, -0.2) is 0 Å². The third-order valence-electron chi connectivity index (χ3n) is 3.40. The van der Waals surface area contributed by atoms with E-state index in [4.69, 9.17) is 11.6 Å². The van der Waals surface area contributed by atoms with Crippen molar-refractivity contribution in [3.8, 4) is 0 Å². The monoisotopic (exact) mass is 401 g/mol. The van der Waals surface area contributed by atoms with Crippen LogP contribution in [0, 0.1) is 6.92 Å². The lowest BCUT2D eigenvalue weighted by molar-refractivity contribution is -0.111. The van der Waals surface area contributed by atoms with E-state index in [0.29, 0.717) is 10.2 Å². The zero-order valence-electron chi connectivity index (χ0n) is 14.0. The first-order chi connectivity index (χ1) is 12.6. The summed E-state index contributed by atoms with van der Waals surface area (Å²) in [5, 5.41) is 12.0. The Morgan fingerprint density at radius 1 is 1.23 bits per heavy atom. The summed E-state index contributed by atoms with van der Waals surface area (Å²) >= 11 is 8.88. The predicted molar refractivity (Wildman–Crippen MR) is 110 cm³/mol. The van der Waals surface area contributed by atoms with Crippen LogP contribution in [0.5, 0.6) is 0 Å². The Balaban J connectivity index is 1.52. The lowest BCUT2D eigenvalue weighted by Gasteiger charge is -1.99. The second-order valence-corrected chi connectivity index (χ2v) is 8.16. The van der Waals surface area contributed by atoms with Crippen LogP contribution in [-0.4, -0.2) is 16.1 Å². The standard InChI is InChI=1S/C19H16ClN3OS2/c1-13-5-7-15(8-6-13)12-25-19-23-22-18(26-19)21-17(24)10-9-14-3-2-4-16(20)11-14/h2-11H,12H2,1H3,(H,21,22,24)/b10-9+. The van der Waals surface area contributed by atoms with E-state index in [2.05, 4.69) is 46.7 Å². The summed E-state index contributed by atoms with van der Waals surface area (Å²) in [5.41, 5.74) is 3.33. The fourth-order valence-corrected chi connectivity index (χ4v) is 3.99. The van der Waals surface area contributed by atoms with Crippen LogP contribution in [0.3, 0.4) is 0 Å². The summed E-state index contributed by atoms with van der Waals surface area (Å²) in [6.45, 7) is 2.07. The van der Waals surface area contributed by atoms with E-state index < -0.39 is 0 Å². The van der Waals surface area contributed by atoms with Gasteiger partial charge in [-0.05, 0) is 36.3 Å². The Morgan fingerprint density at radius 3 is 2.81 bits per heavy atom. The van der Waals surface area contributed by atoms with Gasteiger partial charge in [-0.15, -0.1) is 10.2 Å². The van der Waals surface area contributed by atoms with Crippen LogP contribution >= 0.6 is 34.7 Å². The van der Waals surface area contributed by atoms with Gasteiger partial charge in [0.05, 0.1) is 0 Å². The van der Waals surface area contributed by atoms with Gasteiger partial charge < -0.3 is 0 Å². The molecule has 1 amide bonds. The molecule has 0 saturated carbocycles. The molecule has 0 spiro atoms. The molecule has 3 aromatic rings. The molecule has 132 valence electrons. The smallest absolute Gasteiger partial charge is 0.250 e. The summed E-state index contributed by atoms with van der Waals surface area (Å²) in [5.74, 6) is 0.563. The first-order valence-corrected chi connectivity index (χ1v) is 10.0. The molecular formula is C19H16ClN3OS2.